The third kappa shape index (κ3) is 4.62. The molecule has 6 heteroatoms. The van der Waals surface area contributed by atoms with E-state index in [2.05, 4.69) is 22.2 Å². The van der Waals surface area contributed by atoms with Crippen LogP contribution >= 0.6 is 0 Å². The molecular formula is C12H23N3O3. The number of piperazine rings is 1. The molecule has 1 amide bonds. The highest BCUT2D eigenvalue weighted by atomic mass is 16.4. The zero-order chi connectivity index (χ0) is 13.8. The molecule has 0 bridgehead atoms. The van der Waals surface area contributed by atoms with Crippen LogP contribution in [0, 0.1) is 0 Å². The Bertz CT molecular complexity index is 310. The fourth-order valence-corrected chi connectivity index (χ4v) is 1.80. The molecule has 0 atom stereocenters. The van der Waals surface area contributed by atoms with Crippen LogP contribution in [-0.2, 0) is 9.59 Å². The molecule has 0 aliphatic carbocycles. The molecule has 104 valence electrons. The Morgan fingerprint density at radius 2 is 1.78 bits per heavy atom. The van der Waals surface area contributed by atoms with E-state index in [0.29, 0.717) is 13.0 Å². The summed E-state index contributed by atoms with van der Waals surface area (Å²) < 4.78 is 0. The van der Waals surface area contributed by atoms with E-state index >= 15 is 0 Å². The van der Waals surface area contributed by atoms with Gasteiger partial charge in [0.1, 0.15) is 5.54 Å². The molecule has 1 aliphatic rings. The van der Waals surface area contributed by atoms with Gasteiger partial charge in [0.25, 0.3) is 0 Å². The third-order valence-electron chi connectivity index (χ3n) is 3.24. The van der Waals surface area contributed by atoms with Crippen LogP contribution in [-0.4, -0.2) is 72.1 Å². The van der Waals surface area contributed by atoms with Crippen LogP contribution < -0.4 is 5.32 Å². The molecule has 1 aliphatic heterocycles. The smallest absolute Gasteiger partial charge is 0.328 e. The second kappa shape index (κ2) is 6.15. The van der Waals surface area contributed by atoms with E-state index in [9.17, 15) is 9.59 Å². The number of amides is 1. The molecule has 2 N–H and O–H groups in total. The van der Waals surface area contributed by atoms with Crippen molar-refractivity contribution in [2.75, 3.05) is 39.8 Å². The van der Waals surface area contributed by atoms with Crippen molar-refractivity contribution >= 4 is 11.9 Å². The summed E-state index contributed by atoms with van der Waals surface area (Å²) >= 11 is 0. The first-order valence-corrected chi connectivity index (χ1v) is 6.26. The van der Waals surface area contributed by atoms with Crippen molar-refractivity contribution in [2.24, 2.45) is 0 Å². The number of aliphatic carboxylic acids is 1. The van der Waals surface area contributed by atoms with Gasteiger partial charge in [-0.25, -0.2) is 4.79 Å². The zero-order valence-corrected chi connectivity index (χ0v) is 11.4. The Balaban J connectivity index is 2.27. The summed E-state index contributed by atoms with van der Waals surface area (Å²) in [6.07, 6.45) is 0.348. The lowest BCUT2D eigenvalue weighted by Gasteiger charge is -2.32. The Morgan fingerprint density at radius 3 is 2.28 bits per heavy atom. The first kappa shape index (κ1) is 14.9. The summed E-state index contributed by atoms with van der Waals surface area (Å²) in [5.41, 5.74) is -1.20. The van der Waals surface area contributed by atoms with Gasteiger partial charge in [-0.15, -0.1) is 0 Å². The van der Waals surface area contributed by atoms with Gasteiger partial charge in [0.15, 0.2) is 0 Å². The Morgan fingerprint density at radius 1 is 1.22 bits per heavy atom. The van der Waals surface area contributed by atoms with Crippen molar-refractivity contribution in [3.63, 3.8) is 0 Å². The van der Waals surface area contributed by atoms with E-state index in [1.54, 1.807) is 0 Å². The van der Waals surface area contributed by atoms with Crippen molar-refractivity contribution in [3.8, 4) is 0 Å². The molecule has 0 unspecified atom stereocenters. The molecule has 0 spiro atoms. The van der Waals surface area contributed by atoms with Gasteiger partial charge in [0, 0.05) is 39.1 Å². The van der Waals surface area contributed by atoms with Gasteiger partial charge in [-0.05, 0) is 20.9 Å². The second-order valence-corrected chi connectivity index (χ2v) is 5.37. The minimum absolute atomic E-state index is 0.207. The molecule has 0 aromatic rings. The summed E-state index contributed by atoms with van der Waals surface area (Å²) in [6, 6.07) is 0. The summed E-state index contributed by atoms with van der Waals surface area (Å²) in [4.78, 5) is 27.0. The summed E-state index contributed by atoms with van der Waals surface area (Å²) in [7, 11) is 2.08. The highest BCUT2D eigenvalue weighted by Gasteiger charge is 2.28. The number of hydrogen-bond acceptors (Lipinski definition) is 4. The molecule has 6 nitrogen and oxygen atoms in total. The van der Waals surface area contributed by atoms with Crippen molar-refractivity contribution in [3.05, 3.63) is 0 Å². The van der Waals surface area contributed by atoms with Crippen LogP contribution in [0.5, 0.6) is 0 Å². The summed E-state index contributed by atoms with van der Waals surface area (Å²) in [6.45, 7) is 7.63. The molecule has 18 heavy (non-hydrogen) atoms. The number of nitrogens with zero attached hydrogens (tertiary/aromatic N) is 2. The number of carboxylic acid groups (broad SMARTS) is 1. The van der Waals surface area contributed by atoms with Gasteiger partial charge < -0.3 is 20.2 Å². The van der Waals surface area contributed by atoms with Gasteiger partial charge in [-0.3, -0.25) is 4.79 Å². The second-order valence-electron chi connectivity index (χ2n) is 5.37. The predicted molar refractivity (Wildman–Crippen MR) is 68.4 cm³/mol. The van der Waals surface area contributed by atoms with Crippen molar-refractivity contribution in [1.82, 2.24) is 15.1 Å². The predicted octanol–water partition coefficient (Wildman–Crippen LogP) is -0.397. The lowest BCUT2D eigenvalue weighted by Crippen LogP contribution is -2.51. The molecule has 0 radical (unpaired) electrons. The van der Waals surface area contributed by atoms with Crippen molar-refractivity contribution in [2.45, 2.75) is 25.8 Å². The Labute approximate surface area is 108 Å². The number of carboxylic acids is 1. The standard InChI is InChI=1S/C12H23N3O3/c1-12(2,11(17)18)13-10(16)4-5-15-8-6-14(3)7-9-15/h4-9H2,1-3H3,(H,13,16)(H,17,18). The average Bonchev–Trinajstić information content (AvgIpc) is 2.27. The van der Waals surface area contributed by atoms with Crippen LogP contribution in [0.4, 0.5) is 0 Å². The van der Waals surface area contributed by atoms with Crippen LogP contribution in [0.2, 0.25) is 0 Å². The van der Waals surface area contributed by atoms with Crippen molar-refractivity contribution < 1.29 is 14.7 Å². The lowest BCUT2D eigenvalue weighted by atomic mass is 10.1. The average molecular weight is 257 g/mol. The van der Waals surface area contributed by atoms with E-state index in [1.165, 1.54) is 13.8 Å². The Kier molecular flexibility index (Phi) is 5.10. The minimum Gasteiger partial charge on any atom is -0.480 e. The van der Waals surface area contributed by atoms with E-state index in [-0.39, 0.29) is 5.91 Å². The largest absolute Gasteiger partial charge is 0.480 e. The molecular weight excluding hydrogens is 234 g/mol. The van der Waals surface area contributed by atoms with Crippen LogP contribution in [0.25, 0.3) is 0 Å². The van der Waals surface area contributed by atoms with Crippen LogP contribution in [0.1, 0.15) is 20.3 Å². The number of nitrogens with one attached hydrogen (secondary N) is 1. The van der Waals surface area contributed by atoms with Gasteiger partial charge >= 0.3 is 5.97 Å². The topological polar surface area (TPSA) is 72.9 Å². The molecule has 0 saturated carbocycles. The SMILES string of the molecule is CN1CCN(CCC(=O)NC(C)(C)C(=O)O)CC1. The fourth-order valence-electron chi connectivity index (χ4n) is 1.80. The molecule has 1 heterocycles. The highest BCUT2D eigenvalue weighted by Crippen LogP contribution is 2.04. The number of carbonyl (C=O) groups excluding carboxylic acids is 1. The van der Waals surface area contributed by atoms with E-state index in [1.807, 2.05) is 0 Å². The zero-order valence-electron chi connectivity index (χ0n) is 11.4. The molecule has 0 aromatic heterocycles. The Hall–Kier alpha value is -1.14. The molecule has 1 saturated heterocycles. The third-order valence-corrected chi connectivity index (χ3v) is 3.24. The van der Waals surface area contributed by atoms with Gasteiger partial charge in [-0.1, -0.05) is 0 Å². The van der Waals surface area contributed by atoms with E-state index in [4.69, 9.17) is 5.11 Å². The first-order valence-electron chi connectivity index (χ1n) is 6.26. The van der Waals surface area contributed by atoms with E-state index < -0.39 is 11.5 Å². The lowest BCUT2D eigenvalue weighted by molar-refractivity contribution is -0.146. The maximum absolute atomic E-state index is 11.7. The van der Waals surface area contributed by atoms with Crippen LogP contribution in [0.15, 0.2) is 0 Å². The number of carbonyl (C=O) groups is 2. The van der Waals surface area contributed by atoms with Gasteiger partial charge in [0.05, 0.1) is 0 Å². The fraction of sp³-hybridized carbons (Fsp3) is 0.833. The maximum atomic E-state index is 11.7. The summed E-state index contributed by atoms with van der Waals surface area (Å²) in [5.74, 6) is -1.23. The van der Waals surface area contributed by atoms with Gasteiger partial charge in [-0.2, -0.15) is 0 Å². The molecule has 1 fully saturated rings. The van der Waals surface area contributed by atoms with E-state index in [0.717, 1.165) is 26.2 Å². The van der Waals surface area contributed by atoms with Crippen molar-refractivity contribution in [1.29, 1.82) is 0 Å². The summed E-state index contributed by atoms with van der Waals surface area (Å²) in [5, 5.41) is 11.4. The quantitative estimate of drug-likeness (QED) is 0.701. The number of likely N-dealkylation sites (N-methyl/N-ethyl adjacent to an activating group) is 1. The number of hydrogen-bond donors (Lipinski definition) is 2. The van der Waals surface area contributed by atoms with Gasteiger partial charge in [0.2, 0.25) is 5.91 Å². The monoisotopic (exact) mass is 257 g/mol. The highest BCUT2D eigenvalue weighted by molar-refractivity contribution is 5.86. The maximum Gasteiger partial charge on any atom is 0.328 e. The normalized spacial score (nSPS) is 18.6. The minimum atomic E-state index is -1.20. The first-order chi connectivity index (χ1) is 8.31. The number of rotatable bonds is 5. The molecule has 1 rings (SSSR count). The van der Waals surface area contributed by atoms with Crippen LogP contribution in [0.3, 0.4) is 0 Å². The molecule has 0 aromatic carbocycles.